The van der Waals surface area contributed by atoms with Gasteiger partial charge in [0.2, 0.25) is 11.8 Å². The summed E-state index contributed by atoms with van der Waals surface area (Å²) >= 11 is 0. The van der Waals surface area contributed by atoms with Gasteiger partial charge in [0.25, 0.3) is 0 Å². The maximum atomic E-state index is 12.2. The Kier molecular flexibility index (Phi) is 4.28. The molecule has 1 saturated carbocycles. The number of anilines is 1. The first kappa shape index (κ1) is 16.5. The van der Waals surface area contributed by atoms with E-state index < -0.39 is 0 Å². The van der Waals surface area contributed by atoms with Crippen molar-refractivity contribution >= 4 is 22.6 Å². The lowest BCUT2D eigenvalue weighted by atomic mass is 10.2. The van der Waals surface area contributed by atoms with Crippen LogP contribution in [0.3, 0.4) is 0 Å². The molecule has 1 aliphatic carbocycles. The van der Waals surface area contributed by atoms with Crippen LogP contribution >= 0.6 is 0 Å². The van der Waals surface area contributed by atoms with E-state index in [2.05, 4.69) is 20.3 Å². The van der Waals surface area contributed by atoms with Gasteiger partial charge in [0.1, 0.15) is 11.8 Å². The molecule has 0 spiro atoms. The van der Waals surface area contributed by atoms with Crippen molar-refractivity contribution in [3.05, 3.63) is 42.1 Å². The fraction of sp³-hybridized carbons (Fsp3) is 0.368. The summed E-state index contributed by atoms with van der Waals surface area (Å²) in [5.74, 6) is 1.17. The molecule has 0 atom stereocenters. The Balaban J connectivity index is 1.66. The van der Waals surface area contributed by atoms with Crippen molar-refractivity contribution in [2.75, 3.05) is 12.4 Å². The second-order valence-corrected chi connectivity index (χ2v) is 6.69. The Bertz CT molecular complexity index is 962. The number of ether oxygens (including phenoxy) is 1. The minimum absolute atomic E-state index is 0.0529. The average Bonchev–Trinajstić information content (AvgIpc) is 3.39. The molecule has 3 aromatic heterocycles. The third-order valence-electron chi connectivity index (χ3n) is 4.74. The van der Waals surface area contributed by atoms with Crippen molar-refractivity contribution < 1.29 is 9.53 Å². The number of nitrogens with one attached hydrogen (secondary N) is 1. The summed E-state index contributed by atoms with van der Waals surface area (Å²) in [6.07, 6.45) is 8.06. The molecule has 26 heavy (non-hydrogen) atoms. The minimum atomic E-state index is 0.0529. The SMILES string of the molecule is COc1ncnc(Cn2cc(NC(=O)CC3CC3)c3ncccc32)c1C. The fourth-order valence-electron chi connectivity index (χ4n) is 3.12. The molecule has 0 saturated heterocycles. The van der Waals surface area contributed by atoms with Crippen molar-refractivity contribution in [3.8, 4) is 5.88 Å². The van der Waals surface area contributed by atoms with E-state index in [1.165, 1.54) is 6.33 Å². The monoisotopic (exact) mass is 351 g/mol. The van der Waals surface area contributed by atoms with Gasteiger partial charge in [0.15, 0.2) is 0 Å². The highest BCUT2D eigenvalue weighted by molar-refractivity contribution is 6.00. The van der Waals surface area contributed by atoms with Crippen LogP contribution in [0.1, 0.15) is 30.5 Å². The molecule has 0 radical (unpaired) electrons. The molecule has 1 fully saturated rings. The average molecular weight is 351 g/mol. The summed E-state index contributed by atoms with van der Waals surface area (Å²) in [6, 6.07) is 3.88. The zero-order chi connectivity index (χ0) is 18.1. The summed E-state index contributed by atoms with van der Waals surface area (Å²) in [7, 11) is 1.60. The molecule has 134 valence electrons. The molecule has 3 aromatic rings. The van der Waals surface area contributed by atoms with Gasteiger partial charge in [0, 0.05) is 24.4 Å². The van der Waals surface area contributed by atoms with Crippen LogP contribution in [-0.4, -0.2) is 32.5 Å². The first-order chi connectivity index (χ1) is 12.7. The van der Waals surface area contributed by atoms with Crippen molar-refractivity contribution in [2.24, 2.45) is 5.92 Å². The summed E-state index contributed by atoms with van der Waals surface area (Å²) in [6.45, 7) is 2.49. The molecule has 0 unspecified atom stereocenters. The predicted molar refractivity (Wildman–Crippen MR) is 98.1 cm³/mol. The zero-order valence-corrected chi connectivity index (χ0v) is 14.9. The number of amides is 1. The minimum Gasteiger partial charge on any atom is -0.481 e. The molecule has 0 bridgehead atoms. The second kappa shape index (κ2) is 6.74. The highest BCUT2D eigenvalue weighted by Crippen LogP contribution is 2.33. The van der Waals surface area contributed by atoms with Crippen LogP contribution < -0.4 is 10.1 Å². The van der Waals surface area contributed by atoms with Crippen LogP contribution in [0.15, 0.2) is 30.9 Å². The topological polar surface area (TPSA) is 81.9 Å². The maximum Gasteiger partial charge on any atom is 0.224 e. The Morgan fingerprint density at radius 1 is 1.35 bits per heavy atom. The lowest BCUT2D eigenvalue weighted by Crippen LogP contribution is -2.11. The van der Waals surface area contributed by atoms with Gasteiger partial charge in [0.05, 0.1) is 30.6 Å². The number of rotatable bonds is 6. The van der Waals surface area contributed by atoms with Crippen LogP contribution in [0.2, 0.25) is 0 Å². The number of pyridine rings is 1. The van der Waals surface area contributed by atoms with Gasteiger partial charge < -0.3 is 14.6 Å². The van der Waals surface area contributed by atoms with E-state index in [1.54, 1.807) is 13.3 Å². The third-order valence-corrected chi connectivity index (χ3v) is 4.74. The summed E-state index contributed by atoms with van der Waals surface area (Å²) in [5, 5.41) is 3.02. The van der Waals surface area contributed by atoms with Crippen LogP contribution in [0, 0.1) is 12.8 Å². The number of carbonyl (C=O) groups is 1. The van der Waals surface area contributed by atoms with E-state index in [-0.39, 0.29) is 5.91 Å². The number of carbonyl (C=O) groups excluding carboxylic acids is 1. The van der Waals surface area contributed by atoms with Crippen LogP contribution in [0.4, 0.5) is 5.69 Å². The quantitative estimate of drug-likeness (QED) is 0.738. The van der Waals surface area contributed by atoms with Crippen molar-refractivity contribution in [1.82, 2.24) is 19.5 Å². The van der Waals surface area contributed by atoms with E-state index in [9.17, 15) is 4.79 Å². The van der Waals surface area contributed by atoms with E-state index in [0.29, 0.717) is 24.8 Å². The van der Waals surface area contributed by atoms with Crippen LogP contribution in [0.25, 0.3) is 11.0 Å². The number of hydrogen-bond acceptors (Lipinski definition) is 5. The number of nitrogens with zero attached hydrogens (tertiary/aromatic N) is 4. The summed E-state index contributed by atoms with van der Waals surface area (Å²) < 4.78 is 7.33. The van der Waals surface area contributed by atoms with Crippen molar-refractivity contribution in [2.45, 2.75) is 32.7 Å². The Morgan fingerprint density at radius 3 is 2.96 bits per heavy atom. The molecule has 7 nitrogen and oxygen atoms in total. The maximum absolute atomic E-state index is 12.2. The Labute approximate surface area is 151 Å². The van der Waals surface area contributed by atoms with E-state index >= 15 is 0 Å². The Hall–Kier alpha value is -2.96. The largest absolute Gasteiger partial charge is 0.481 e. The number of fused-ring (bicyclic) bond motifs is 1. The lowest BCUT2D eigenvalue weighted by molar-refractivity contribution is -0.116. The van der Waals surface area contributed by atoms with Crippen LogP contribution in [0.5, 0.6) is 5.88 Å². The Morgan fingerprint density at radius 2 is 2.19 bits per heavy atom. The third kappa shape index (κ3) is 3.24. The van der Waals surface area contributed by atoms with Gasteiger partial charge >= 0.3 is 0 Å². The van der Waals surface area contributed by atoms with Crippen LogP contribution in [-0.2, 0) is 11.3 Å². The first-order valence-corrected chi connectivity index (χ1v) is 8.74. The molecule has 0 aliphatic heterocycles. The molecule has 7 heteroatoms. The molecule has 4 rings (SSSR count). The molecule has 1 N–H and O–H groups in total. The van der Waals surface area contributed by atoms with Gasteiger partial charge in [-0.25, -0.2) is 9.97 Å². The van der Waals surface area contributed by atoms with Gasteiger partial charge in [-0.05, 0) is 37.8 Å². The molecular weight excluding hydrogens is 330 g/mol. The second-order valence-electron chi connectivity index (χ2n) is 6.69. The van der Waals surface area contributed by atoms with Gasteiger partial charge in [-0.15, -0.1) is 0 Å². The number of hydrogen-bond donors (Lipinski definition) is 1. The highest BCUT2D eigenvalue weighted by Gasteiger charge is 2.25. The zero-order valence-electron chi connectivity index (χ0n) is 14.9. The smallest absolute Gasteiger partial charge is 0.224 e. The lowest BCUT2D eigenvalue weighted by Gasteiger charge is -2.09. The summed E-state index contributed by atoms with van der Waals surface area (Å²) in [5.41, 5.74) is 4.25. The first-order valence-electron chi connectivity index (χ1n) is 8.74. The molecule has 1 aliphatic rings. The van der Waals surface area contributed by atoms with Crippen molar-refractivity contribution in [1.29, 1.82) is 0 Å². The number of methoxy groups -OCH3 is 1. The molecule has 0 aromatic carbocycles. The van der Waals surface area contributed by atoms with E-state index in [1.807, 2.05) is 29.8 Å². The standard InChI is InChI=1S/C19H21N5O2/c1-12-14(21-11-22-19(12)26-2)9-24-10-15(18-16(24)4-3-7-20-18)23-17(25)8-13-5-6-13/h3-4,7,10-11,13H,5-6,8-9H2,1-2H3,(H,23,25). The molecule has 3 heterocycles. The van der Waals surface area contributed by atoms with Gasteiger partial charge in [-0.1, -0.05) is 0 Å². The predicted octanol–water partition coefficient (Wildman–Crippen LogP) is 2.93. The highest BCUT2D eigenvalue weighted by atomic mass is 16.5. The van der Waals surface area contributed by atoms with E-state index in [0.717, 1.165) is 40.8 Å². The number of aromatic nitrogens is 4. The van der Waals surface area contributed by atoms with Gasteiger partial charge in [-0.3, -0.25) is 9.78 Å². The molecule has 1 amide bonds. The van der Waals surface area contributed by atoms with E-state index in [4.69, 9.17) is 4.74 Å². The van der Waals surface area contributed by atoms with Gasteiger partial charge in [-0.2, -0.15) is 0 Å². The fourth-order valence-corrected chi connectivity index (χ4v) is 3.12. The summed E-state index contributed by atoms with van der Waals surface area (Å²) in [4.78, 5) is 25.2. The normalized spacial score (nSPS) is 13.8. The molecular formula is C19H21N5O2. The van der Waals surface area contributed by atoms with Crippen molar-refractivity contribution in [3.63, 3.8) is 0 Å².